The van der Waals surface area contributed by atoms with Crippen LogP contribution < -0.4 is 0 Å². The third-order valence-corrected chi connectivity index (χ3v) is 4.00. The molecule has 9 nitrogen and oxygen atoms in total. The van der Waals surface area contributed by atoms with Gasteiger partial charge in [0.15, 0.2) is 5.82 Å². The fourth-order valence-electron chi connectivity index (χ4n) is 2.84. The Labute approximate surface area is 150 Å². The van der Waals surface area contributed by atoms with Gasteiger partial charge in [-0.1, -0.05) is 18.2 Å². The average molecular weight is 359 g/mol. The zero-order valence-electron chi connectivity index (χ0n) is 14.9. The molecule has 0 saturated carbocycles. The maximum atomic E-state index is 12.4. The molecule has 1 aromatic carbocycles. The van der Waals surface area contributed by atoms with Crippen LogP contribution in [0.25, 0.3) is 5.69 Å². The number of aromatic nitrogens is 4. The number of rotatable bonds is 3. The van der Waals surface area contributed by atoms with Gasteiger partial charge in [-0.3, -0.25) is 4.90 Å². The fraction of sp³-hybridized carbons (Fsp3) is 0.471. The van der Waals surface area contributed by atoms with Crippen LogP contribution in [0.1, 0.15) is 38.9 Å². The van der Waals surface area contributed by atoms with E-state index in [-0.39, 0.29) is 18.9 Å². The number of hydrogen-bond acceptors (Lipinski definition) is 6. The predicted molar refractivity (Wildman–Crippen MR) is 90.9 cm³/mol. The summed E-state index contributed by atoms with van der Waals surface area (Å²) in [6, 6.07) is 8.31. The lowest BCUT2D eigenvalue weighted by atomic mass is 10.1. The van der Waals surface area contributed by atoms with Crippen LogP contribution in [0.4, 0.5) is 4.79 Å². The van der Waals surface area contributed by atoms with Gasteiger partial charge in [0, 0.05) is 12.5 Å². The lowest BCUT2D eigenvalue weighted by molar-refractivity contribution is -0.142. The molecule has 2 atom stereocenters. The average Bonchev–Trinajstić information content (AvgIpc) is 3.21. The number of carboxylic acid groups (broad SMARTS) is 1. The summed E-state index contributed by atoms with van der Waals surface area (Å²) in [5, 5.41) is 21.9. The summed E-state index contributed by atoms with van der Waals surface area (Å²) in [6.45, 7) is 5.38. The van der Waals surface area contributed by atoms with E-state index in [9.17, 15) is 14.7 Å². The number of aliphatic carboxylic acids is 1. The number of nitrogens with zero attached hydrogens (tertiary/aromatic N) is 5. The van der Waals surface area contributed by atoms with Crippen molar-refractivity contribution in [3.8, 4) is 5.69 Å². The molecule has 1 aliphatic rings. The van der Waals surface area contributed by atoms with Crippen molar-refractivity contribution < 1.29 is 19.4 Å². The minimum Gasteiger partial charge on any atom is -0.480 e. The molecule has 9 heteroatoms. The van der Waals surface area contributed by atoms with E-state index in [1.165, 1.54) is 9.70 Å². The summed E-state index contributed by atoms with van der Waals surface area (Å²) in [6.07, 6.45) is -0.433. The minimum atomic E-state index is -1.08. The van der Waals surface area contributed by atoms with Crippen LogP contribution in [0.15, 0.2) is 30.3 Å². The van der Waals surface area contributed by atoms with Crippen molar-refractivity contribution in [3.05, 3.63) is 36.2 Å². The summed E-state index contributed by atoms with van der Waals surface area (Å²) in [5.74, 6) is -0.985. The normalized spacial score (nSPS) is 20.2. The number of amides is 1. The van der Waals surface area contributed by atoms with E-state index in [1.807, 2.05) is 30.3 Å². The zero-order valence-corrected chi connectivity index (χ0v) is 14.9. The number of carboxylic acids is 1. The monoisotopic (exact) mass is 359 g/mol. The maximum absolute atomic E-state index is 12.4. The smallest absolute Gasteiger partial charge is 0.411 e. The fourth-order valence-corrected chi connectivity index (χ4v) is 2.84. The Hall–Kier alpha value is -2.97. The first-order chi connectivity index (χ1) is 12.2. The van der Waals surface area contributed by atoms with Crippen molar-refractivity contribution in [3.63, 3.8) is 0 Å². The van der Waals surface area contributed by atoms with Crippen LogP contribution >= 0.6 is 0 Å². The number of likely N-dealkylation sites (tertiary alicyclic amines) is 1. The summed E-state index contributed by atoms with van der Waals surface area (Å²) in [5.41, 5.74) is 0.0513. The Morgan fingerprint density at radius 3 is 2.54 bits per heavy atom. The van der Waals surface area contributed by atoms with Gasteiger partial charge in [0.25, 0.3) is 0 Å². The Bertz CT molecular complexity index is 799. The van der Waals surface area contributed by atoms with E-state index in [4.69, 9.17) is 4.74 Å². The highest BCUT2D eigenvalue weighted by Gasteiger charge is 2.43. The molecule has 1 saturated heterocycles. The van der Waals surface area contributed by atoms with Gasteiger partial charge in [-0.25, -0.2) is 9.59 Å². The molecule has 2 aromatic rings. The quantitative estimate of drug-likeness (QED) is 0.890. The Kier molecular flexibility index (Phi) is 4.62. The van der Waals surface area contributed by atoms with Crippen molar-refractivity contribution in [2.24, 2.45) is 0 Å². The number of ether oxygens (including phenoxy) is 1. The predicted octanol–water partition coefficient (Wildman–Crippen LogP) is 1.84. The number of carbonyl (C=O) groups is 2. The first-order valence-electron chi connectivity index (χ1n) is 8.32. The van der Waals surface area contributed by atoms with Crippen LogP contribution in [-0.2, 0) is 9.53 Å². The van der Waals surface area contributed by atoms with Crippen molar-refractivity contribution in [2.45, 2.75) is 44.8 Å². The molecule has 3 rings (SSSR count). The van der Waals surface area contributed by atoms with E-state index in [0.29, 0.717) is 5.82 Å². The summed E-state index contributed by atoms with van der Waals surface area (Å²) < 4.78 is 5.32. The third-order valence-electron chi connectivity index (χ3n) is 4.00. The van der Waals surface area contributed by atoms with Crippen molar-refractivity contribution in [2.75, 3.05) is 6.54 Å². The molecule has 0 spiro atoms. The van der Waals surface area contributed by atoms with E-state index in [1.54, 1.807) is 20.8 Å². The van der Waals surface area contributed by atoms with Gasteiger partial charge in [0.1, 0.15) is 11.6 Å². The second kappa shape index (κ2) is 6.74. The van der Waals surface area contributed by atoms with Crippen LogP contribution in [0.2, 0.25) is 0 Å². The molecule has 0 radical (unpaired) electrons. The minimum absolute atomic E-state index is 0.173. The molecular weight excluding hydrogens is 338 g/mol. The summed E-state index contributed by atoms with van der Waals surface area (Å²) in [7, 11) is 0. The van der Waals surface area contributed by atoms with Crippen LogP contribution in [0.3, 0.4) is 0 Å². The first-order valence-corrected chi connectivity index (χ1v) is 8.32. The second-order valence-electron chi connectivity index (χ2n) is 7.19. The van der Waals surface area contributed by atoms with Crippen LogP contribution in [0.5, 0.6) is 0 Å². The lowest BCUT2D eigenvalue weighted by Gasteiger charge is -2.26. The Morgan fingerprint density at radius 2 is 1.92 bits per heavy atom. The highest BCUT2D eigenvalue weighted by Crippen LogP contribution is 2.31. The van der Waals surface area contributed by atoms with E-state index in [2.05, 4.69) is 15.4 Å². The molecule has 1 fully saturated rings. The summed E-state index contributed by atoms with van der Waals surface area (Å²) >= 11 is 0. The number of tetrazole rings is 1. The molecular formula is C17H21N5O4. The van der Waals surface area contributed by atoms with E-state index < -0.39 is 23.7 Å². The van der Waals surface area contributed by atoms with Gasteiger partial charge in [0.2, 0.25) is 0 Å². The first kappa shape index (κ1) is 17.8. The third kappa shape index (κ3) is 3.81. The van der Waals surface area contributed by atoms with Crippen LogP contribution in [0, 0.1) is 0 Å². The standard InChI is InChI=1S/C17H21N5O4/c1-17(2,3)26-16(25)21-10-11(9-13(21)15(23)24)14-18-20-22(19-14)12-7-5-4-6-8-12/h4-8,11,13H,9-10H2,1-3H3,(H,23,24)/t11-,13+/m1/s1. The highest BCUT2D eigenvalue weighted by molar-refractivity contribution is 5.81. The number of benzene rings is 1. The molecule has 0 unspecified atom stereocenters. The van der Waals surface area contributed by atoms with Gasteiger partial charge >= 0.3 is 12.1 Å². The van der Waals surface area contributed by atoms with Crippen molar-refractivity contribution in [1.82, 2.24) is 25.1 Å². The van der Waals surface area contributed by atoms with Gasteiger partial charge in [-0.2, -0.15) is 0 Å². The molecule has 0 bridgehead atoms. The van der Waals surface area contributed by atoms with Gasteiger partial charge < -0.3 is 9.84 Å². The highest BCUT2D eigenvalue weighted by atomic mass is 16.6. The van der Waals surface area contributed by atoms with Crippen molar-refractivity contribution >= 4 is 12.1 Å². The van der Waals surface area contributed by atoms with Crippen molar-refractivity contribution in [1.29, 1.82) is 0 Å². The molecule has 138 valence electrons. The molecule has 2 heterocycles. The Balaban J connectivity index is 1.79. The molecule has 1 aliphatic heterocycles. The van der Waals surface area contributed by atoms with Crippen LogP contribution in [-0.4, -0.2) is 60.5 Å². The molecule has 26 heavy (non-hydrogen) atoms. The number of carbonyl (C=O) groups excluding carboxylic acids is 1. The van der Waals surface area contributed by atoms with Gasteiger partial charge in [-0.05, 0) is 44.5 Å². The molecule has 1 N–H and O–H groups in total. The number of hydrogen-bond donors (Lipinski definition) is 1. The van der Waals surface area contributed by atoms with E-state index in [0.717, 1.165) is 5.69 Å². The lowest BCUT2D eigenvalue weighted by Crippen LogP contribution is -2.43. The SMILES string of the molecule is CC(C)(C)OC(=O)N1C[C@H](c2nnn(-c3ccccc3)n2)C[C@H]1C(=O)O. The molecule has 1 aromatic heterocycles. The maximum Gasteiger partial charge on any atom is 0.411 e. The molecule has 0 aliphatic carbocycles. The second-order valence-corrected chi connectivity index (χ2v) is 7.19. The van der Waals surface area contributed by atoms with Gasteiger partial charge in [-0.15, -0.1) is 15.0 Å². The number of para-hydroxylation sites is 1. The largest absolute Gasteiger partial charge is 0.480 e. The Morgan fingerprint density at radius 1 is 1.23 bits per heavy atom. The summed E-state index contributed by atoms with van der Waals surface area (Å²) in [4.78, 5) is 26.5. The zero-order chi connectivity index (χ0) is 18.9. The van der Waals surface area contributed by atoms with E-state index >= 15 is 0 Å². The van der Waals surface area contributed by atoms with Gasteiger partial charge in [0.05, 0.1) is 5.69 Å². The molecule has 1 amide bonds. The topological polar surface area (TPSA) is 110 Å².